The van der Waals surface area contributed by atoms with Crippen LogP contribution in [0.5, 0.6) is 0 Å². The quantitative estimate of drug-likeness (QED) is 0.743. The molecule has 6 heteroatoms. The van der Waals surface area contributed by atoms with Crippen LogP contribution in [-0.2, 0) is 9.59 Å². The summed E-state index contributed by atoms with van der Waals surface area (Å²) in [5, 5.41) is 12.1. The summed E-state index contributed by atoms with van der Waals surface area (Å²) < 4.78 is 0. The standard InChI is InChI=1S/C14H25N3O3/c1-2-3-14(4-5-15-11-14)13(20)17-8-6-16(7-9-17)10-12(18)19/h15H,2-11H2,1H3,(H,18,19). The van der Waals surface area contributed by atoms with E-state index in [0.717, 1.165) is 32.4 Å². The molecule has 0 radical (unpaired) electrons. The number of carbonyl (C=O) groups is 2. The van der Waals surface area contributed by atoms with E-state index in [0.29, 0.717) is 26.2 Å². The topological polar surface area (TPSA) is 72.9 Å². The van der Waals surface area contributed by atoms with Crippen LogP contribution in [0.2, 0.25) is 0 Å². The van der Waals surface area contributed by atoms with Crippen LogP contribution in [-0.4, -0.2) is 72.6 Å². The van der Waals surface area contributed by atoms with Gasteiger partial charge in [0.05, 0.1) is 12.0 Å². The van der Waals surface area contributed by atoms with E-state index in [1.54, 1.807) is 0 Å². The minimum absolute atomic E-state index is 0.0731. The average Bonchev–Trinajstić information content (AvgIpc) is 2.88. The van der Waals surface area contributed by atoms with E-state index >= 15 is 0 Å². The fraction of sp³-hybridized carbons (Fsp3) is 0.857. The summed E-state index contributed by atoms with van der Waals surface area (Å²) in [6, 6.07) is 0. The number of nitrogens with zero attached hydrogens (tertiary/aromatic N) is 2. The van der Waals surface area contributed by atoms with E-state index in [9.17, 15) is 9.59 Å². The summed E-state index contributed by atoms with van der Waals surface area (Å²) in [5.74, 6) is -0.536. The first-order valence-corrected chi connectivity index (χ1v) is 7.52. The Hall–Kier alpha value is -1.14. The molecule has 2 N–H and O–H groups in total. The predicted octanol–water partition coefficient (Wildman–Crippen LogP) is -0.00500. The Labute approximate surface area is 120 Å². The van der Waals surface area contributed by atoms with Gasteiger partial charge in [0, 0.05) is 32.7 Å². The third-order valence-corrected chi connectivity index (χ3v) is 4.44. The highest BCUT2D eigenvalue weighted by atomic mass is 16.4. The van der Waals surface area contributed by atoms with Crippen molar-refractivity contribution < 1.29 is 14.7 Å². The third-order valence-electron chi connectivity index (χ3n) is 4.44. The zero-order valence-corrected chi connectivity index (χ0v) is 12.2. The van der Waals surface area contributed by atoms with E-state index in [2.05, 4.69) is 12.2 Å². The van der Waals surface area contributed by atoms with Crippen LogP contribution in [0, 0.1) is 5.41 Å². The molecule has 0 aromatic rings. The monoisotopic (exact) mass is 283 g/mol. The minimum atomic E-state index is -0.799. The molecule has 0 bridgehead atoms. The van der Waals surface area contributed by atoms with Gasteiger partial charge in [0.2, 0.25) is 5.91 Å². The van der Waals surface area contributed by atoms with Gasteiger partial charge < -0.3 is 15.3 Å². The molecular formula is C14H25N3O3. The summed E-state index contributed by atoms with van der Waals surface area (Å²) in [5.41, 5.74) is -0.219. The van der Waals surface area contributed by atoms with Crippen molar-refractivity contribution in [2.45, 2.75) is 26.2 Å². The van der Waals surface area contributed by atoms with Gasteiger partial charge in [-0.25, -0.2) is 0 Å². The molecule has 20 heavy (non-hydrogen) atoms. The van der Waals surface area contributed by atoms with E-state index in [1.807, 2.05) is 9.80 Å². The number of carboxylic acid groups (broad SMARTS) is 1. The Morgan fingerprint density at radius 3 is 2.45 bits per heavy atom. The zero-order chi connectivity index (χ0) is 14.6. The van der Waals surface area contributed by atoms with Gasteiger partial charge in [-0.05, 0) is 19.4 Å². The van der Waals surface area contributed by atoms with Crippen LogP contribution in [0.4, 0.5) is 0 Å². The summed E-state index contributed by atoms with van der Waals surface area (Å²) in [6.45, 7) is 6.53. The Bertz CT molecular complexity index is 359. The number of nitrogens with one attached hydrogen (secondary N) is 1. The van der Waals surface area contributed by atoms with E-state index < -0.39 is 5.97 Å². The normalized spacial score (nSPS) is 27.8. The maximum absolute atomic E-state index is 12.8. The van der Waals surface area contributed by atoms with Crippen LogP contribution >= 0.6 is 0 Å². The van der Waals surface area contributed by atoms with Gasteiger partial charge in [0.15, 0.2) is 0 Å². The van der Waals surface area contributed by atoms with E-state index in [4.69, 9.17) is 5.11 Å². The summed E-state index contributed by atoms with van der Waals surface area (Å²) in [7, 11) is 0. The van der Waals surface area contributed by atoms with Crippen molar-refractivity contribution in [2.75, 3.05) is 45.8 Å². The number of aliphatic carboxylic acids is 1. The van der Waals surface area contributed by atoms with Gasteiger partial charge >= 0.3 is 5.97 Å². The van der Waals surface area contributed by atoms with Gasteiger partial charge in [-0.15, -0.1) is 0 Å². The second-order valence-electron chi connectivity index (χ2n) is 5.92. The highest BCUT2D eigenvalue weighted by Gasteiger charge is 2.43. The van der Waals surface area contributed by atoms with Crippen LogP contribution < -0.4 is 5.32 Å². The number of amides is 1. The van der Waals surface area contributed by atoms with Crippen molar-refractivity contribution in [3.05, 3.63) is 0 Å². The third kappa shape index (κ3) is 3.30. The molecule has 1 atom stereocenters. The van der Waals surface area contributed by atoms with Gasteiger partial charge in [0.1, 0.15) is 0 Å². The van der Waals surface area contributed by atoms with Gasteiger partial charge in [-0.1, -0.05) is 13.3 Å². The SMILES string of the molecule is CCCC1(C(=O)N2CCN(CC(=O)O)CC2)CCNC1. The lowest BCUT2D eigenvalue weighted by Crippen LogP contribution is -2.54. The Kier molecular flexibility index (Phi) is 4.99. The minimum Gasteiger partial charge on any atom is -0.480 e. The fourth-order valence-electron chi connectivity index (χ4n) is 3.36. The Balaban J connectivity index is 1.92. The average molecular weight is 283 g/mol. The number of carbonyl (C=O) groups excluding carboxylic acids is 1. The first-order chi connectivity index (χ1) is 9.57. The van der Waals surface area contributed by atoms with Gasteiger partial charge in [-0.3, -0.25) is 14.5 Å². The molecule has 2 aliphatic heterocycles. The molecule has 0 saturated carbocycles. The van der Waals surface area contributed by atoms with Crippen molar-refractivity contribution in [1.82, 2.24) is 15.1 Å². The molecule has 2 saturated heterocycles. The van der Waals surface area contributed by atoms with Crippen molar-refractivity contribution in [3.63, 3.8) is 0 Å². The highest BCUT2D eigenvalue weighted by molar-refractivity contribution is 5.83. The predicted molar refractivity (Wildman–Crippen MR) is 75.5 cm³/mol. The lowest BCUT2D eigenvalue weighted by Gasteiger charge is -2.39. The fourth-order valence-corrected chi connectivity index (χ4v) is 3.36. The molecule has 2 rings (SSSR count). The maximum atomic E-state index is 12.8. The summed E-state index contributed by atoms with van der Waals surface area (Å²) >= 11 is 0. The highest BCUT2D eigenvalue weighted by Crippen LogP contribution is 2.33. The molecule has 6 nitrogen and oxygen atoms in total. The van der Waals surface area contributed by atoms with Gasteiger partial charge in [0.25, 0.3) is 0 Å². The molecule has 2 fully saturated rings. The Morgan fingerprint density at radius 1 is 1.25 bits per heavy atom. The largest absolute Gasteiger partial charge is 0.480 e. The number of hydrogen-bond acceptors (Lipinski definition) is 4. The Morgan fingerprint density at radius 2 is 1.95 bits per heavy atom. The van der Waals surface area contributed by atoms with E-state index in [1.165, 1.54) is 0 Å². The summed E-state index contributed by atoms with van der Waals surface area (Å²) in [4.78, 5) is 27.3. The number of hydrogen-bond donors (Lipinski definition) is 2. The van der Waals surface area contributed by atoms with Crippen LogP contribution in [0.3, 0.4) is 0 Å². The first kappa shape index (κ1) is 15.3. The van der Waals surface area contributed by atoms with E-state index in [-0.39, 0.29) is 17.9 Å². The smallest absolute Gasteiger partial charge is 0.317 e. The zero-order valence-electron chi connectivity index (χ0n) is 12.2. The lowest BCUT2D eigenvalue weighted by molar-refractivity contribution is -0.144. The lowest BCUT2D eigenvalue weighted by atomic mass is 9.81. The number of piperazine rings is 1. The maximum Gasteiger partial charge on any atom is 0.317 e. The second kappa shape index (κ2) is 6.54. The van der Waals surface area contributed by atoms with Crippen LogP contribution in [0.15, 0.2) is 0 Å². The molecule has 0 aromatic heterocycles. The molecule has 0 aromatic carbocycles. The van der Waals surface area contributed by atoms with Gasteiger partial charge in [-0.2, -0.15) is 0 Å². The molecule has 1 amide bonds. The molecule has 114 valence electrons. The molecular weight excluding hydrogens is 258 g/mol. The van der Waals surface area contributed by atoms with Crippen molar-refractivity contribution in [3.8, 4) is 0 Å². The van der Waals surface area contributed by atoms with Crippen molar-refractivity contribution in [1.29, 1.82) is 0 Å². The second-order valence-corrected chi connectivity index (χ2v) is 5.92. The van der Waals surface area contributed by atoms with Crippen molar-refractivity contribution in [2.24, 2.45) is 5.41 Å². The molecule has 0 aliphatic carbocycles. The van der Waals surface area contributed by atoms with Crippen molar-refractivity contribution >= 4 is 11.9 Å². The molecule has 2 heterocycles. The first-order valence-electron chi connectivity index (χ1n) is 7.52. The van der Waals surface area contributed by atoms with Crippen LogP contribution in [0.25, 0.3) is 0 Å². The van der Waals surface area contributed by atoms with Crippen LogP contribution in [0.1, 0.15) is 26.2 Å². The summed E-state index contributed by atoms with van der Waals surface area (Å²) in [6.07, 6.45) is 2.88. The number of carboxylic acids is 1. The number of rotatable bonds is 5. The molecule has 1 unspecified atom stereocenters. The molecule has 2 aliphatic rings. The molecule has 0 spiro atoms.